The fraction of sp³-hybridized carbons (Fsp3) is 0.293. The van der Waals surface area contributed by atoms with Gasteiger partial charge in [0, 0.05) is 38.8 Å². The highest BCUT2D eigenvalue weighted by molar-refractivity contribution is 9.10. The first kappa shape index (κ1) is 35.0. The lowest BCUT2D eigenvalue weighted by Gasteiger charge is -2.49. The first-order valence-electron chi connectivity index (χ1n) is 17.6. The summed E-state index contributed by atoms with van der Waals surface area (Å²) in [7, 11) is 3.23. The summed E-state index contributed by atoms with van der Waals surface area (Å²) in [5.74, 6) is -4.30. The van der Waals surface area contributed by atoms with Crippen molar-refractivity contribution in [1.82, 2.24) is 9.78 Å². The number of methoxy groups -OCH3 is 1. The molecule has 2 aliphatic carbocycles. The second-order valence-electron chi connectivity index (χ2n) is 14.8. The molecule has 10 nitrogen and oxygen atoms in total. The number of ether oxygens (including phenoxy) is 1. The maximum absolute atomic E-state index is 15.1. The summed E-state index contributed by atoms with van der Waals surface area (Å²) in [4.78, 5) is 61.8. The van der Waals surface area contributed by atoms with Crippen LogP contribution in [0.4, 0.5) is 11.5 Å². The van der Waals surface area contributed by atoms with E-state index in [0.29, 0.717) is 33.5 Å². The Morgan fingerprint density at radius 1 is 0.963 bits per heavy atom. The standard InChI is InChI=1S/C41H34BrClN4O6S/c1-19-26-15-21(43)7-14-32(26)54-36(19)30-18-33(45(3)44-30)47-38(50)29-17-27-24(35(41(29,2)40(47)52)28-16-23(53-4)10-13-31(28)48)11-12-25-34(27)39(51)46(37(25)49)22-8-5-20(42)6-9-22/h5-11,13-16,18,25,27,29,34-35,48H,12,17H2,1-4H3/t25-,27+,29-,34-,35+,41+/m0/s1. The molecule has 6 atom stereocenters. The number of aryl methyl sites for hydroxylation is 2. The second-order valence-corrected chi connectivity index (χ2v) is 17.2. The third-order valence-corrected chi connectivity index (χ3v) is 14.2. The van der Waals surface area contributed by atoms with E-state index in [1.165, 1.54) is 23.0 Å². The topological polar surface area (TPSA) is 122 Å². The summed E-state index contributed by atoms with van der Waals surface area (Å²) >= 11 is 11.3. The number of aromatic nitrogens is 2. The smallest absolute Gasteiger partial charge is 0.242 e. The minimum absolute atomic E-state index is 0.0587. The Balaban J connectivity index is 1.16. The van der Waals surface area contributed by atoms with Gasteiger partial charge in [0.2, 0.25) is 23.6 Å². The van der Waals surface area contributed by atoms with Gasteiger partial charge in [-0.1, -0.05) is 39.2 Å². The number of phenolic OH excluding ortho intramolecular Hbond substituents is 1. The van der Waals surface area contributed by atoms with E-state index in [0.717, 1.165) is 30.6 Å². The van der Waals surface area contributed by atoms with Crippen LogP contribution in [0.1, 0.15) is 36.8 Å². The van der Waals surface area contributed by atoms with Gasteiger partial charge < -0.3 is 9.84 Å². The Kier molecular flexibility index (Phi) is 8.01. The van der Waals surface area contributed by atoms with Crippen LogP contribution in [0.2, 0.25) is 5.02 Å². The van der Waals surface area contributed by atoms with Gasteiger partial charge in [-0.05, 0) is 104 Å². The van der Waals surface area contributed by atoms with Crippen LogP contribution < -0.4 is 14.5 Å². The number of anilines is 2. The Morgan fingerprint density at radius 3 is 2.46 bits per heavy atom. The molecule has 1 saturated carbocycles. The summed E-state index contributed by atoms with van der Waals surface area (Å²) in [6, 6.07) is 19.4. The monoisotopic (exact) mass is 824 g/mol. The number of benzene rings is 3. The number of phenols is 1. The van der Waals surface area contributed by atoms with Gasteiger partial charge in [-0.15, -0.1) is 11.3 Å². The van der Waals surface area contributed by atoms with Crippen molar-refractivity contribution in [3.8, 4) is 22.1 Å². The number of allylic oxidation sites excluding steroid dienone is 2. The third-order valence-electron chi connectivity index (χ3n) is 12.1. The van der Waals surface area contributed by atoms with Crippen LogP contribution in [0.15, 0.2) is 82.9 Å². The fourth-order valence-electron chi connectivity index (χ4n) is 9.53. The first-order chi connectivity index (χ1) is 25.8. The van der Waals surface area contributed by atoms with Gasteiger partial charge in [0.15, 0.2) is 0 Å². The number of hydrogen-bond donors (Lipinski definition) is 1. The molecule has 0 radical (unpaired) electrons. The highest BCUT2D eigenvalue weighted by atomic mass is 79.9. The van der Waals surface area contributed by atoms with E-state index < -0.39 is 46.8 Å². The minimum Gasteiger partial charge on any atom is -0.508 e. The molecule has 2 aliphatic heterocycles. The lowest BCUT2D eigenvalue weighted by Crippen LogP contribution is -2.49. The molecule has 5 aromatic rings. The van der Waals surface area contributed by atoms with Crippen molar-refractivity contribution in [1.29, 1.82) is 0 Å². The van der Waals surface area contributed by atoms with Crippen LogP contribution >= 0.6 is 38.9 Å². The van der Waals surface area contributed by atoms with Gasteiger partial charge in [-0.3, -0.25) is 28.8 Å². The average molecular weight is 826 g/mol. The first-order valence-corrected chi connectivity index (χ1v) is 19.6. The van der Waals surface area contributed by atoms with Crippen molar-refractivity contribution in [2.75, 3.05) is 16.9 Å². The number of thiophene rings is 1. The Labute approximate surface area is 328 Å². The van der Waals surface area contributed by atoms with Crippen molar-refractivity contribution < 1.29 is 29.0 Å². The number of rotatable bonds is 5. The lowest BCUT2D eigenvalue weighted by molar-refractivity contribution is -0.131. The van der Waals surface area contributed by atoms with Gasteiger partial charge in [0.25, 0.3) is 0 Å². The molecule has 0 bridgehead atoms. The maximum atomic E-state index is 15.1. The molecule has 4 heterocycles. The zero-order chi connectivity index (χ0) is 38.0. The molecule has 54 heavy (non-hydrogen) atoms. The Morgan fingerprint density at radius 2 is 1.72 bits per heavy atom. The number of halogens is 2. The van der Waals surface area contributed by atoms with Gasteiger partial charge in [-0.2, -0.15) is 5.10 Å². The zero-order valence-corrected chi connectivity index (χ0v) is 32.8. The third kappa shape index (κ3) is 4.85. The van der Waals surface area contributed by atoms with E-state index in [-0.39, 0.29) is 30.4 Å². The number of hydrogen-bond acceptors (Lipinski definition) is 8. The molecule has 0 unspecified atom stereocenters. The molecule has 2 saturated heterocycles. The van der Waals surface area contributed by atoms with Gasteiger partial charge in [-0.25, -0.2) is 4.90 Å². The van der Waals surface area contributed by atoms with E-state index in [9.17, 15) is 19.5 Å². The van der Waals surface area contributed by atoms with Crippen molar-refractivity contribution in [3.05, 3.63) is 99.0 Å². The van der Waals surface area contributed by atoms with Crippen molar-refractivity contribution in [3.63, 3.8) is 0 Å². The lowest BCUT2D eigenvalue weighted by atomic mass is 9.51. The highest BCUT2D eigenvalue weighted by Gasteiger charge is 2.68. The Bertz CT molecular complexity index is 2510. The van der Waals surface area contributed by atoms with E-state index >= 15 is 4.79 Å². The summed E-state index contributed by atoms with van der Waals surface area (Å²) < 4.78 is 8.98. The molecule has 4 aliphatic rings. The molecule has 9 rings (SSSR count). The molecule has 3 fully saturated rings. The summed E-state index contributed by atoms with van der Waals surface area (Å²) in [5, 5.41) is 17.9. The number of carbonyl (C=O) groups excluding carboxylic acids is 4. The summed E-state index contributed by atoms with van der Waals surface area (Å²) in [5.41, 5.74) is 1.92. The summed E-state index contributed by atoms with van der Waals surface area (Å²) in [6.07, 6.45) is 2.43. The van der Waals surface area contributed by atoms with Gasteiger partial charge in [0.05, 0.1) is 40.8 Å². The molecule has 13 heteroatoms. The molecule has 3 aromatic carbocycles. The normalized spacial score (nSPS) is 26.3. The predicted molar refractivity (Wildman–Crippen MR) is 210 cm³/mol. The molecule has 1 N–H and O–H groups in total. The van der Waals surface area contributed by atoms with E-state index in [4.69, 9.17) is 21.4 Å². The number of nitrogens with zero attached hydrogens (tertiary/aromatic N) is 4. The van der Waals surface area contributed by atoms with Crippen molar-refractivity contribution in [2.45, 2.75) is 32.6 Å². The zero-order valence-electron chi connectivity index (χ0n) is 29.7. The molecular formula is C41H34BrClN4O6S. The number of fused-ring (bicyclic) bond motifs is 5. The van der Waals surface area contributed by atoms with Crippen LogP contribution in [-0.2, 0) is 26.2 Å². The molecule has 0 spiro atoms. The van der Waals surface area contributed by atoms with E-state index in [2.05, 4.69) is 15.9 Å². The van der Waals surface area contributed by atoms with E-state index in [1.54, 1.807) is 72.5 Å². The van der Waals surface area contributed by atoms with Crippen molar-refractivity contribution in [2.24, 2.45) is 36.1 Å². The number of carbonyl (C=O) groups is 4. The van der Waals surface area contributed by atoms with Gasteiger partial charge >= 0.3 is 0 Å². The predicted octanol–water partition coefficient (Wildman–Crippen LogP) is 8.18. The largest absolute Gasteiger partial charge is 0.508 e. The number of aromatic hydroxyl groups is 1. The van der Waals surface area contributed by atoms with Gasteiger partial charge in [0.1, 0.15) is 23.0 Å². The van der Waals surface area contributed by atoms with Crippen LogP contribution in [-0.4, -0.2) is 45.6 Å². The second kappa shape index (κ2) is 12.4. The molecule has 2 aromatic heterocycles. The summed E-state index contributed by atoms with van der Waals surface area (Å²) in [6.45, 7) is 3.79. The van der Waals surface area contributed by atoms with E-state index in [1.807, 2.05) is 31.2 Å². The number of imide groups is 2. The van der Waals surface area contributed by atoms with Crippen LogP contribution in [0.25, 0.3) is 20.7 Å². The fourth-order valence-corrected chi connectivity index (χ4v) is 11.1. The van der Waals surface area contributed by atoms with Crippen LogP contribution in [0.3, 0.4) is 0 Å². The molecule has 4 amide bonds. The Hall–Kier alpha value is -4.78. The molecule has 274 valence electrons. The number of amides is 4. The van der Waals surface area contributed by atoms with Crippen molar-refractivity contribution >= 4 is 84.1 Å². The SMILES string of the molecule is COc1ccc(O)c([C@H]2C3=CC[C@@H]4C(=O)N(c5ccc(Br)cc5)C(=O)[C@@H]4[C@@H]3C[C@H]3C(=O)N(c4cc(-c5sc6ccc(Cl)cc6c5C)nn4C)C(=O)[C@@]23C)c1. The average Bonchev–Trinajstić information content (AvgIpc) is 3.82. The quantitative estimate of drug-likeness (QED) is 0.140. The minimum atomic E-state index is -1.36. The molecular weight excluding hydrogens is 792 g/mol. The van der Waals surface area contributed by atoms with Crippen LogP contribution in [0.5, 0.6) is 11.5 Å². The highest BCUT2D eigenvalue weighted by Crippen LogP contribution is 2.64. The maximum Gasteiger partial charge on any atom is 0.242 e. The van der Waals surface area contributed by atoms with Crippen LogP contribution in [0, 0.1) is 36.0 Å².